The molecule has 2 rings (SSSR count). The average Bonchev–Trinajstić information content (AvgIpc) is 2.30. The van der Waals surface area contributed by atoms with Crippen LogP contribution in [-0.2, 0) is 4.74 Å². The van der Waals surface area contributed by atoms with Gasteiger partial charge in [0.2, 0.25) is 0 Å². The van der Waals surface area contributed by atoms with Gasteiger partial charge in [0.05, 0.1) is 25.9 Å². The van der Waals surface area contributed by atoms with E-state index >= 15 is 0 Å². The Hall–Kier alpha value is -0.770. The number of ether oxygens (including phenoxy) is 2. The summed E-state index contributed by atoms with van der Waals surface area (Å²) >= 11 is 6.00. The third-order valence-corrected chi connectivity index (χ3v) is 3.00. The molecule has 0 bridgehead atoms. The Labute approximate surface area is 101 Å². The van der Waals surface area contributed by atoms with Crippen molar-refractivity contribution in [2.75, 3.05) is 20.3 Å². The molecule has 0 saturated carbocycles. The molecular formula is C12H16ClNO2. The molecule has 0 aliphatic carbocycles. The maximum absolute atomic E-state index is 6.00. The molecule has 0 radical (unpaired) electrons. The van der Waals surface area contributed by atoms with Gasteiger partial charge in [0.1, 0.15) is 5.75 Å². The van der Waals surface area contributed by atoms with Gasteiger partial charge in [0.25, 0.3) is 0 Å². The molecule has 0 amide bonds. The van der Waals surface area contributed by atoms with Crippen molar-refractivity contribution in [3.8, 4) is 5.75 Å². The second-order valence-electron chi connectivity index (χ2n) is 3.99. The highest BCUT2D eigenvalue weighted by Crippen LogP contribution is 2.29. The van der Waals surface area contributed by atoms with E-state index in [1.807, 2.05) is 18.2 Å². The number of hydrogen-bond acceptors (Lipinski definition) is 3. The summed E-state index contributed by atoms with van der Waals surface area (Å²) in [6.45, 7) is 3.55. The van der Waals surface area contributed by atoms with E-state index in [9.17, 15) is 0 Å². The van der Waals surface area contributed by atoms with Crippen LogP contribution >= 0.6 is 11.6 Å². The van der Waals surface area contributed by atoms with Gasteiger partial charge in [0, 0.05) is 17.1 Å². The SMILES string of the molecule is COc1ccc(Cl)cc1C1COC(C)CN1. The number of benzene rings is 1. The van der Waals surface area contributed by atoms with Crippen molar-refractivity contribution in [2.24, 2.45) is 0 Å². The van der Waals surface area contributed by atoms with E-state index in [4.69, 9.17) is 21.1 Å². The normalized spacial score (nSPS) is 25.4. The van der Waals surface area contributed by atoms with Gasteiger partial charge in [-0.2, -0.15) is 0 Å². The van der Waals surface area contributed by atoms with Gasteiger partial charge in [-0.25, -0.2) is 0 Å². The number of hydrogen-bond donors (Lipinski definition) is 1. The molecule has 1 N–H and O–H groups in total. The molecule has 16 heavy (non-hydrogen) atoms. The predicted octanol–water partition coefficient (Wildman–Crippen LogP) is 2.40. The summed E-state index contributed by atoms with van der Waals surface area (Å²) in [6, 6.07) is 5.80. The van der Waals surface area contributed by atoms with Crippen molar-refractivity contribution in [3.05, 3.63) is 28.8 Å². The van der Waals surface area contributed by atoms with Crippen molar-refractivity contribution >= 4 is 11.6 Å². The van der Waals surface area contributed by atoms with Gasteiger partial charge in [0.15, 0.2) is 0 Å². The van der Waals surface area contributed by atoms with Crippen molar-refractivity contribution < 1.29 is 9.47 Å². The summed E-state index contributed by atoms with van der Waals surface area (Å²) in [4.78, 5) is 0. The van der Waals surface area contributed by atoms with Crippen molar-refractivity contribution in [3.63, 3.8) is 0 Å². The Morgan fingerprint density at radius 1 is 1.50 bits per heavy atom. The summed E-state index contributed by atoms with van der Waals surface area (Å²) in [7, 11) is 1.67. The number of morpholine rings is 1. The zero-order chi connectivity index (χ0) is 11.5. The number of rotatable bonds is 2. The molecular weight excluding hydrogens is 226 g/mol. The van der Waals surface area contributed by atoms with Crippen LogP contribution in [-0.4, -0.2) is 26.4 Å². The number of nitrogens with one attached hydrogen (secondary N) is 1. The maximum Gasteiger partial charge on any atom is 0.123 e. The lowest BCUT2D eigenvalue weighted by Gasteiger charge is -2.29. The van der Waals surface area contributed by atoms with Crippen LogP contribution in [0, 0.1) is 0 Å². The molecule has 1 aromatic carbocycles. The van der Waals surface area contributed by atoms with Crippen LogP contribution in [0.15, 0.2) is 18.2 Å². The van der Waals surface area contributed by atoms with Crippen LogP contribution in [0.25, 0.3) is 0 Å². The van der Waals surface area contributed by atoms with Gasteiger partial charge in [-0.15, -0.1) is 0 Å². The molecule has 0 aromatic heterocycles. The standard InChI is InChI=1S/C12H16ClNO2/c1-8-6-14-11(7-16-8)10-5-9(13)3-4-12(10)15-2/h3-5,8,11,14H,6-7H2,1-2H3. The largest absolute Gasteiger partial charge is 0.496 e. The van der Waals surface area contributed by atoms with Crippen LogP contribution in [0.4, 0.5) is 0 Å². The molecule has 1 aliphatic rings. The maximum atomic E-state index is 6.00. The minimum atomic E-state index is 0.157. The average molecular weight is 242 g/mol. The Morgan fingerprint density at radius 2 is 2.31 bits per heavy atom. The molecule has 0 spiro atoms. The third kappa shape index (κ3) is 2.48. The lowest BCUT2D eigenvalue weighted by Crippen LogP contribution is -2.39. The minimum Gasteiger partial charge on any atom is -0.496 e. The Morgan fingerprint density at radius 3 is 2.94 bits per heavy atom. The quantitative estimate of drug-likeness (QED) is 0.863. The Kier molecular flexibility index (Phi) is 3.69. The van der Waals surface area contributed by atoms with Crippen LogP contribution in [0.1, 0.15) is 18.5 Å². The van der Waals surface area contributed by atoms with E-state index in [1.165, 1.54) is 0 Å². The zero-order valence-electron chi connectivity index (χ0n) is 9.50. The molecule has 1 saturated heterocycles. The fourth-order valence-corrected chi connectivity index (χ4v) is 2.04. The predicted molar refractivity (Wildman–Crippen MR) is 64.2 cm³/mol. The first-order valence-electron chi connectivity index (χ1n) is 5.39. The third-order valence-electron chi connectivity index (χ3n) is 2.77. The number of halogens is 1. The van der Waals surface area contributed by atoms with Gasteiger partial charge < -0.3 is 14.8 Å². The molecule has 2 unspecified atom stereocenters. The highest BCUT2D eigenvalue weighted by Gasteiger charge is 2.22. The van der Waals surface area contributed by atoms with Gasteiger partial charge in [-0.1, -0.05) is 11.6 Å². The fraction of sp³-hybridized carbons (Fsp3) is 0.500. The molecule has 1 aliphatic heterocycles. The van der Waals surface area contributed by atoms with Gasteiger partial charge >= 0.3 is 0 Å². The van der Waals surface area contributed by atoms with Crippen LogP contribution < -0.4 is 10.1 Å². The van der Waals surface area contributed by atoms with Gasteiger partial charge in [-0.05, 0) is 25.1 Å². The second-order valence-corrected chi connectivity index (χ2v) is 4.43. The smallest absolute Gasteiger partial charge is 0.123 e. The second kappa shape index (κ2) is 5.04. The highest BCUT2D eigenvalue weighted by molar-refractivity contribution is 6.30. The van der Waals surface area contributed by atoms with Crippen molar-refractivity contribution in [1.29, 1.82) is 0 Å². The minimum absolute atomic E-state index is 0.157. The molecule has 4 heteroatoms. The van der Waals surface area contributed by atoms with E-state index in [0.717, 1.165) is 22.9 Å². The van der Waals surface area contributed by atoms with Gasteiger partial charge in [-0.3, -0.25) is 0 Å². The summed E-state index contributed by atoms with van der Waals surface area (Å²) in [6.07, 6.45) is 0.265. The fourth-order valence-electron chi connectivity index (χ4n) is 1.86. The first-order chi connectivity index (χ1) is 7.70. The molecule has 3 nitrogen and oxygen atoms in total. The summed E-state index contributed by atoms with van der Waals surface area (Å²) in [5, 5.41) is 4.14. The summed E-state index contributed by atoms with van der Waals surface area (Å²) in [5.41, 5.74) is 1.06. The van der Waals surface area contributed by atoms with E-state index < -0.39 is 0 Å². The van der Waals surface area contributed by atoms with E-state index in [-0.39, 0.29) is 12.1 Å². The van der Waals surface area contributed by atoms with Crippen molar-refractivity contribution in [1.82, 2.24) is 5.32 Å². The molecule has 88 valence electrons. The Balaban J connectivity index is 2.21. The van der Waals surface area contributed by atoms with Crippen molar-refractivity contribution in [2.45, 2.75) is 19.1 Å². The number of methoxy groups -OCH3 is 1. The first-order valence-corrected chi connectivity index (χ1v) is 5.77. The molecule has 1 aromatic rings. The van der Waals surface area contributed by atoms with Crippen LogP contribution in [0.5, 0.6) is 5.75 Å². The Bertz CT molecular complexity index is 362. The molecule has 2 atom stereocenters. The monoisotopic (exact) mass is 241 g/mol. The first kappa shape index (κ1) is 11.7. The zero-order valence-corrected chi connectivity index (χ0v) is 10.3. The van der Waals surface area contributed by atoms with E-state index in [2.05, 4.69) is 12.2 Å². The van der Waals surface area contributed by atoms with E-state index in [0.29, 0.717) is 6.61 Å². The molecule has 1 fully saturated rings. The van der Waals surface area contributed by atoms with Crippen LogP contribution in [0.3, 0.4) is 0 Å². The topological polar surface area (TPSA) is 30.5 Å². The summed E-state index contributed by atoms with van der Waals surface area (Å²) in [5.74, 6) is 0.847. The summed E-state index contributed by atoms with van der Waals surface area (Å²) < 4.78 is 10.9. The highest BCUT2D eigenvalue weighted by atomic mass is 35.5. The lowest BCUT2D eigenvalue weighted by molar-refractivity contribution is 0.0144. The van der Waals surface area contributed by atoms with E-state index in [1.54, 1.807) is 7.11 Å². The molecule has 1 heterocycles. The lowest BCUT2D eigenvalue weighted by atomic mass is 10.0. The van der Waals surface area contributed by atoms with Crippen LogP contribution in [0.2, 0.25) is 5.02 Å².